The Kier molecular flexibility index (Phi) is 6.07. The highest BCUT2D eigenvalue weighted by atomic mass is 35.5. The zero-order valence-electron chi connectivity index (χ0n) is 13.2. The van der Waals surface area contributed by atoms with Crippen molar-refractivity contribution in [1.29, 1.82) is 0 Å². The van der Waals surface area contributed by atoms with Crippen LogP contribution in [0.2, 0.25) is 5.02 Å². The van der Waals surface area contributed by atoms with Crippen LogP contribution in [0.5, 0.6) is 11.5 Å². The SMILES string of the molecule is COc1cc(/C=C/C(=O)N(C)Cc2cccs2)cc(Cl)c1OC. The minimum atomic E-state index is -0.0793. The summed E-state index contributed by atoms with van der Waals surface area (Å²) in [5.41, 5.74) is 0.769. The molecule has 2 aromatic rings. The molecule has 0 fully saturated rings. The molecule has 122 valence electrons. The minimum absolute atomic E-state index is 0.0793. The molecule has 0 aliphatic heterocycles. The van der Waals surface area contributed by atoms with Crippen molar-refractivity contribution in [2.45, 2.75) is 6.54 Å². The second-order valence-corrected chi connectivity index (χ2v) is 6.28. The van der Waals surface area contributed by atoms with Gasteiger partial charge in [0.05, 0.1) is 25.8 Å². The second-order valence-electron chi connectivity index (χ2n) is 4.85. The third-order valence-corrected chi connectivity index (χ3v) is 4.37. The van der Waals surface area contributed by atoms with Crippen LogP contribution in [0.3, 0.4) is 0 Å². The molecule has 6 heteroatoms. The van der Waals surface area contributed by atoms with Crippen LogP contribution in [-0.4, -0.2) is 32.1 Å². The van der Waals surface area contributed by atoms with Crippen molar-refractivity contribution in [2.24, 2.45) is 0 Å². The van der Waals surface area contributed by atoms with Gasteiger partial charge in [-0.25, -0.2) is 0 Å². The summed E-state index contributed by atoms with van der Waals surface area (Å²) in [5, 5.41) is 2.43. The summed E-state index contributed by atoms with van der Waals surface area (Å²) in [4.78, 5) is 15.0. The highest BCUT2D eigenvalue weighted by Gasteiger charge is 2.10. The summed E-state index contributed by atoms with van der Waals surface area (Å²) in [5.74, 6) is 0.927. The molecular formula is C17H18ClNO3S. The first-order valence-corrected chi connectivity index (χ1v) is 8.18. The minimum Gasteiger partial charge on any atom is -0.493 e. The van der Waals surface area contributed by atoms with Crippen molar-refractivity contribution in [3.8, 4) is 11.5 Å². The van der Waals surface area contributed by atoms with Crippen molar-refractivity contribution in [3.63, 3.8) is 0 Å². The lowest BCUT2D eigenvalue weighted by molar-refractivity contribution is -0.125. The second kappa shape index (κ2) is 8.04. The van der Waals surface area contributed by atoms with Gasteiger partial charge < -0.3 is 14.4 Å². The Morgan fingerprint density at radius 2 is 2.13 bits per heavy atom. The molecule has 0 aliphatic carbocycles. The van der Waals surface area contributed by atoms with Gasteiger partial charge in [0.2, 0.25) is 5.91 Å². The Balaban J connectivity index is 2.10. The average Bonchev–Trinajstić information content (AvgIpc) is 3.04. The standard InChI is InChI=1S/C17H18ClNO3S/c1-19(11-13-5-4-8-23-13)16(20)7-6-12-9-14(18)17(22-3)15(10-12)21-2/h4-10H,11H2,1-3H3/b7-6+. The van der Waals surface area contributed by atoms with Crippen LogP contribution in [0.15, 0.2) is 35.7 Å². The number of methoxy groups -OCH3 is 2. The van der Waals surface area contributed by atoms with Gasteiger partial charge in [-0.2, -0.15) is 0 Å². The molecule has 0 unspecified atom stereocenters. The fourth-order valence-corrected chi connectivity index (χ4v) is 3.10. The van der Waals surface area contributed by atoms with Crippen molar-refractivity contribution < 1.29 is 14.3 Å². The quantitative estimate of drug-likeness (QED) is 0.736. The fourth-order valence-electron chi connectivity index (χ4n) is 2.04. The van der Waals surface area contributed by atoms with E-state index in [1.807, 2.05) is 17.5 Å². The maximum Gasteiger partial charge on any atom is 0.246 e. The normalized spacial score (nSPS) is 10.8. The van der Waals surface area contributed by atoms with Gasteiger partial charge in [0, 0.05) is 18.0 Å². The average molecular weight is 352 g/mol. The Morgan fingerprint density at radius 3 is 2.74 bits per heavy atom. The first-order chi connectivity index (χ1) is 11.0. The molecule has 2 rings (SSSR count). The van der Waals surface area contributed by atoms with Crippen LogP contribution < -0.4 is 9.47 Å². The van der Waals surface area contributed by atoms with E-state index in [2.05, 4.69) is 0 Å². The molecular weight excluding hydrogens is 334 g/mol. The number of nitrogens with zero attached hydrogens (tertiary/aromatic N) is 1. The predicted molar refractivity (Wildman–Crippen MR) is 94.4 cm³/mol. The topological polar surface area (TPSA) is 38.8 Å². The summed E-state index contributed by atoms with van der Waals surface area (Å²) < 4.78 is 10.4. The molecule has 1 amide bonds. The van der Waals surface area contributed by atoms with E-state index < -0.39 is 0 Å². The van der Waals surface area contributed by atoms with Crippen LogP contribution in [-0.2, 0) is 11.3 Å². The van der Waals surface area contributed by atoms with Gasteiger partial charge in [0.1, 0.15) is 0 Å². The maximum atomic E-state index is 12.2. The van der Waals surface area contributed by atoms with Crippen LogP contribution in [0.25, 0.3) is 6.08 Å². The number of carbonyl (C=O) groups is 1. The number of ether oxygens (including phenoxy) is 2. The van der Waals surface area contributed by atoms with Crippen molar-refractivity contribution in [3.05, 3.63) is 51.2 Å². The first kappa shape index (κ1) is 17.4. The van der Waals surface area contributed by atoms with Crippen LogP contribution in [0.1, 0.15) is 10.4 Å². The summed E-state index contributed by atoms with van der Waals surface area (Å²) in [6.07, 6.45) is 3.23. The third-order valence-electron chi connectivity index (χ3n) is 3.22. The van der Waals surface area contributed by atoms with E-state index in [4.69, 9.17) is 21.1 Å². The summed E-state index contributed by atoms with van der Waals surface area (Å²) in [6, 6.07) is 7.48. The maximum absolute atomic E-state index is 12.2. The number of amides is 1. The Hall–Kier alpha value is -1.98. The molecule has 23 heavy (non-hydrogen) atoms. The highest BCUT2D eigenvalue weighted by molar-refractivity contribution is 7.09. The summed E-state index contributed by atoms with van der Waals surface area (Å²) >= 11 is 7.78. The molecule has 1 aromatic heterocycles. The van der Waals surface area contributed by atoms with Crippen LogP contribution >= 0.6 is 22.9 Å². The number of carbonyl (C=O) groups excluding carboxylic acids is 1. The summed E-state index contributed by atoms with van der Waals surface area (Å²) in [7, 11) is 4.85. The van der Waals surface area contributed by atoms with Gasteiger partial charge in [-0.15, -0.1) is 11.3 Å². The van der Waals surface area contributed by atoms with Crippen molar-refractivity contribution in [2.75, 3.05) is 21.3 Å². The number of rotatable bonds is 6. The summed E-state index contributed by atoms with van der Waals surface area (Å²) in [6.45, 7) is 0.591. The predicted octanol–water partition coefficient (Wildman–Crippen LogP) is 4.09. The lowest BCUT2D eigenvalue weighted by Gasteiger charge is -2.14. The van der Waals surface area contributed by atoms with Gasteiger partial charge in [0.15, 0.2) is 11.5 Å². The molecule has 0 saturated carbocycles. The Bertz CT molecular complexity index is 698. The highest BCUT2D eigenvalue weighted by Crippen LogP contribution is 2.36. The third kappa shape index (κ3) is 4.50. The van der Waals surface area contributed by atoms with Gasteiger partial charge in [0.25, 0.3) is 0 Å². The number of halogens is 1. The number of hydrogen-bond acceptors (Lipinski definition) is 4. The van der Waals surface area contributed by atoms with E-state index >= 15 is 0 Å². The van der Waals surface area contributed by atoms with Crippen molar-refractivity contribution in [1.82, 2.24) is 4.90 Å². The number of likely N-dealkylation sites (N-methyl/N-ethyl adjacent to an activating group) is 1. The first-order valence-electron chi connectivity index (χ1n) is 6.92. The molecule has 0 bridgehead atoms. The van der Waals surface area contributed by atoms with E-state index in [0.29, 0.717) is 23.1 Å². The molecule has 0 aliphatic rings. The smallest absolute Gasteiger partial charge is 0.246 e. The zero-order chi connectivity index (χ0) is 16.8. The van der Waals surface area contributed by atoms with E-state index in [-0.39, 0.29) is 5.91 Å². The molecule has 0 spiro atoms. The zero-order valence-corrected chi connectivity index (χ0v) is 14.8. The Morgan fingerprint density at radius 1 is 1.35 bits per heavy atom. The molecule has 0 saturated heterocycles. The number of hydrogen-bond donors (Lipinski definition) is 0. The fraction of sp³-hybridized carbons (Fsp3) is 0.235. The molecule has 1 heterocycles. The van der Waals surface area contributed by atoms with Crippen molar-refractivity contribution >= 4 is 34.9 Å². The van der Waals surface area contributed by atoms with E-state index in [1.54, 1.807) is 48.6 Å². The van der Waals surface area contributed by atoms with Gasteiger partial charge in [-0.1, -0.05) is 17.7 Å². The van der Waals surface area contributed by atoms with E-state index in [1.165, 1.54) is 13.2 Å². The van der Waals surface area contributed by atoms with Gasteiger partial charge >= 0.3 is 0 Å². The Labute approximate surface area is 144 Å². The van der Waals surface area contributed by atoms with E-state index in [0.717, 1.165) is 10.4 Å². The lowest BCUT2D eigenvalue weighted by Crippen LogP contribution is -2.23. The van der Waals surface area contributed by atoms with E-state index in [9.17, 15) is 4.79 Å². The molecule has 0 radical (unpaired) electrons. The molecule has 0 N–H and O–H groups in total. The van der Waals surface area contributed by atoms with Gasteiger partial charge in [-0.3, -0.25) is 4.79 Å². The largest absolute Gasteiger partial charge is 0.493 e. The monoisotopic (exact) mass is 351 g/mol. The molecule has 0 atom stereocenters. The van der Waals surface area contributed by atoms with Crippen LogP contribution in [0, 0.1) is 0 Å². The molecule has 4 nitrogen and oxygen atoms in total. The number of benzene rings is 1. The molecule has 1 aromatic carbocycles. The lowest BCUT2D eigenvalue weighted by atomic mass is 10.2. The number of thiophene rings is 1. The van der Waals surface area contributed by atoms with Gasteiger partial charge in [-0.05, 0) is 35.2 Å². The van der Waals surface area contributed by atoms with Crippen LogP contribution in [0.4, 0.5) is 0 Å².